The second-order valence-electron chi connectivity index (χ2n) is 5.85. The first kappa shape index (κ1) is 11.2. The summed E-state index contributed by atoms with van der Waals surface area (Å²) in [6.45, 7) is 0. The molecule has 0 radical (unpaired) electrons. The maximum Gasteiger partial charge on any atom is 0.0547 e. The van der Waals surface area contributed by atoms with Crippen LogP contribution in [0.1, 0.15) is 11.1 Å². The van der Waals surface area contributed by atoms with Crippen LogP contribution >= 0.6 is 0 Å². The predicted molar refractivity (Wildman–Crippen MR) is 88.6 cm³/mol. The summed E-state index contributed by atoms with van der Waals surface area (Å²) in [5.74, 6) is 0. The van der Waals surface area contributed by atoms with Gasteiger partial charge in [-0.3, -0.25) is 0 Å². The van der Waals surface area contributed by atoms with Crippen molar-refractivity contribution in [3.63, 3.8) is 0 Å². The maximum absolute atomic E-state index is 3.65. The number of fused-ring (bicyclic) bond motifs is 7. The van der Waals surface area contributed by atoms with E-state index in [1.165, 1.54) is 44.1 Å². The molecule has 1 aromatic heterocycles. The highest BCUT2D eigenvalue weighted by Gasteiger charge is 2.19. The molecule has 4 aromatic rings. The lowest BCUT2D eigenvalue weighted by Crippen LogP contribution is -2.04. The third-order valence-electron chi connectivity index (χ3n) is 4.72. The smallest absolute Gasteiger partial charge is 0.0547 e. The Morgan fingerprint density at radius 1 is 0.667 bits per heavy atom. The van der Waals surface area contributed by atoms with Gasteiger partial charge in [-0.25, -0.2) is 0 Å². The third-order valence-corrected chi connectivity index (χ3v) is 4.72. The lowest BCUT2D eigenvalue weighted by molar-refractivity contribution is 0.944. The lowest BCUT2D eigenvalue weighted by Gasteiger charge is -2.20. The highest BCUT2D eigenvalue weighted by atomic mass is 14.7. The zero-order valence-electron chi connectivity index (χ0n) is 11.7. The SMILES string of the molecule is c1ccc2c(c1)CCc1ccc3c([nH]c4ccccc43)c1-2. The molecule has 100 valence electrons. The van der Waals surface area contributed by atoms with Crippen molar-refractivity contribution in [3.8, 4) is 11.1 Å². The molecule has 0 bridgehead atoms. The van der Waals surface area contributed by atoms with Crippen molar-refractivity contribution in [3.05, 3.63) is 71.8 Å². The van der Waals surface area contributed by atoms with Gasteiger partial charge in [0.1, 0.15) is 0 Å². The molecule has 0 aliphatic heterocycles. The predicted octanol–water partition coefficient (Wildman–Crippen LogP) is 5.09. The molecular weight excluding hydrogens is 254 g/mol. The molecule has 21 heavy (non-hydrogen) atoms. The number of aryl methyl sites for hydroxylation is 2. The largest absolute Gasteiger partial charge is 0.354 e. The second kappa shape index (κ2) is 3.98. The number of H-pyrrole nitrogens is 1. The Balaban J connectivity index is 1.98. The molecule has 1 aliphatic rings. The minimum atomic E-state index is 1.14. The monoisotopic (exact) mass is 269 g/mol. The number of nitrogens with one attached hydrogen (secondary N) is 1. The fraction of sp³-hybridized carbons (Fsp3) is 0.100. The molecule has 0 unspecified atom stereocenters. The molecule has 0 fully saturated rings. The van der Waals surface area contributed by atoms with Crippen LogP contribution < -0.4 is 0 Å². The molecule has 0 amide bonds. The normalized spacial score (nSPS) is 13.3. The Hall–Kier alpha value is -2.54. The van der Waals surface area contributed by atoms with Crippen LogP contribution in [-0.2, 0) is 12.8 Å². The summed E-state index contributed by atoms with van der Waals surface area (Å²) in [6, 6.07) is 22.0. The van der Waals surface area contributed by atoms with Gasteiger partial charge >= 0.3 is 0 Å². The van der Waals surface area contributed by atoms with E-state index in [1.807, 2.05) is 0 Å². The van der Waals surface area contributed by atoms with Gasteiger partial charge in [0.25, 0.3) is 0 Å². The average Bonchev–Trinajstić information content (AvgIpc) is 2.93. The molecule has 1 N–H and O–H groups in total. The molecule has 5 rings (SSSR count). The molecule has 1 nitrogen and oxygen atoms in total. The number of para-hydroxylation sites is 1. The zero-order valence-corrected chi connectivity index (χ0v) is 11.7. The summed E-state index contributed by atoms with van der Waals surface area (Å²) in [6.07, 6.45) is 2.28. The van der Waals surface area contributed by atoms with E-state index in [2.05, 4.69) is 65.6 Å². The van der Waals surface area contributed by atoms with Crippen molar-refractivity contribution in [2.45, 2.75) is 12.8 Å². The van der Waals surface area contributed by atoms with Crippen molar-refractivity contribution in [1.29, 1.82) is 0 Å². The van der Waals surface area contributed by atoms with Crippen LogP contribution in [0, 0.1) is 0 Å². The summed E-state index contributed by atoms with van der Waals surface area (Å²) in [5.41, 5.74) is 8.26. The van der Waals surface area contributed by atoms with E-state index >= 15 is 0 Å². The van der Waals surface area contributed by atoms with Crippen LogP contribution in [0.25, 0.3) is 32.9 Å². The van der Waals surface area contributed by atoms with Crippen LogP contribution in [0.5, 0.6) is 0 Å². The van der Waals surface area contributed by atoms with E-state index < -0.39 is 0 Å². The third kappa shape index (κ3) is 1.46. The van der Waals surface area contributed by atoms with Gasteiger partial charge in [-0.05, 0) is 35.6 Å². The molecule has 3 aromatic carbocycles. The van der Waals surface area contributed by atoms with Crippen LogP contribution in [0.4, 0.5) is 0 Å². The highest BCUT2D eigenvalue weighted by Crippen LogP contribution is 2.40. The Morgan fingerprint density at radius 3 is 2.48 bits per heavy atom. The van der Waals surface area contributed by atoms with E-state index in [9.17, 15) is 0 Å². The Morgan fingerprint density at radius 2 is 1.48 bits per heavy atom. The first-order chi connectivity index (χ1) is 10.4. The fourth-order valence-corrected chi connectivity index (χ4v) is 3.73. The number of rotatable bonds is 0. The van der Waals surface area contributed by atoms with E-state index in [0.29, 0.717) is 0 Å². The van der Waals surface area contributed by atoms with Crippen LogP contribution in [0.2, 0.25) is 0 Å². The molecule has 0 atom stereocenters. The molecular formula is C20H15N. The van der Waals surface area contributed by atoms with Crippen LogP contribution in [0.15, 0.2) is 60.7 Å². The van der Waals surface area contributed by atoms with Crippen LogP contribution in [0.3, 0.4) is 0 Å². The molecule has 0 saturated heterocycles. The Labute approximate surface area is 123 Å². The second-order valence-corrected chi connectivity index (χ2v) is 5.85. The summed E-state index contributed by atoms with van der Waals surface area (Å²) in [4.78, 5) is 3.65. The van der Waals surface area contributed by atoms with Gasteiger partial charge < -0.3 is 4.98 Å². The molecule has 0 spiro atoms. The first-order valence-corrected chi connectivity index (χ1v) is 7.52. The van der Waals surface area contributed by atoms with E-state index in [1.54, 1.807) is 0 Å². The Kier molecular flexibility index (Phi) is 2.12. The van der Waals surface area contributed by atoms with Gasteiger partial charge in [0.05, 0.1) is 5.52 Å². The maximum atomic E-state index is 3.65. The Bertz CT molecular complexity index is 991. The van der Waals surface area contributed by atoms with Gasteiger partial charge in [-0.2, -0.15) is 0 Å². The van der Waals surface area contributed by atoms with Crippen LogP contribution in [-0.4, -0.2) is 4.98 Å². The summed E-state index contributed by atoms with van der Waals surface area (Å²) >= 11 is 0. The number of hydrogen-bond acceptors (Lipinski definition) is 0. The lowest BCUT2D eigenvalue weighted by atomic mass is 9.84. The van der Waals surface area contributed by atoms with Gasteiger partial charge in [0, 0.05) is 21.9 Å². The highest BCUT2D eigenvalue weighted by molar-refractivity contribution is 6.12. The van der Waals surface area contributed by atoms with Gasteiger partial charge in [-0.15, -0.1) is 0 Å². The van der Waals surface area contributed by atoms with Gasteiger partial charge in [-0.1, -0.05) is 54.6 Å². The number of hydrogen-bond donors (Lipinski definition) is 1. The summed E-state index contributed by atoms with van der Waals surface area (Å²) < 4.78 is 0. The number of aromatic nitrogens is 1. The number of benzene rings is 3. The van der Waals surface area contributed by atoms with Crippen molar-refractivity contribution in [2.24, 2.45) is 0 Å². The summed E-state index contributed by atoms with van der Waals surface area (Å²) in [5, 5.41) is 2.65. The number of aromatic amines is 1. The first-order valence-electron chi connectivity index (χ1n) is 7.52. The minimum absolute atomic E-state index is 1.14. The van der Waals surface area contributed by atoms with Gasteiger partial charge in [0.2, 0.25) is 0 Å². The van der Waals surface area contributed by atoms with Crippen molar-refractivity contribution < 1.29 is 0 Å². The molecule has 0 saturated carbocycles. The quantitative estimate of drug-likeness (QED) is 0.458. The van der Waals surface area contributed by atoms with E-state index in [0.717, 1.165) is 12.8 Å². The molecule has 1 aliphatic carbocycles. The summed E-state index contributed by atoms with van der Waals surface area (Å²) in [7, 11) is 0. The molecule has 1 heterocycles. The topological polar surface area (TPSA) is 15.8 Å². The zero-order chi connectivity index (χ0) is 13.8. The van der Waals surface area contributed by atoms with E-state index in [4.69, 9.17) is 0 Å². The molecule has 1 heteroatoms. The van der Waals surface area contributed by atoms with Crippen molar-refractivity contribution in [1.82, 2.24) is 4.98 Å². The average molecular weight is 269 g/mol. The van der Waals surface area contributed by atoms with Crippen molar-refractivity contribution in [2.75, 3.05) is 0 Å². The van der Waals surface area contributed by atoms with Crippen molar-refractivity contribution >= 4 is 21.8 Å². The van der Waals surface area contributed by atoms with Gasteiger partial charge in [0.15, 0.2) is 0 Å². The fourth-order valence-electron chi connectivity index (χ4n) is 3.73. The minimum Gasteiger partial charge on any atom is -0.354 e. The standard InChI is InChI=1S/C20H15N/c1-2-6-15-13(5-1)9-10-14-11-12-17-16-7-3-4-8-18(16)21-20(17)19(14)15/h1-8,11-12,21H,9-10H2. The van der Waals surface area contributed by atoms with E-state index in [-0.39, 0.29) is 0 Å².